The minimum absolute atomic E-state index is 0.348. The quantitative estimate of drug-likeness (QED) is 0.798. The van der Waals surface area contributed by atoms with Crippen molar-refractivity contribution >= 4 is 11.7 Å². The van der Waals surface area contributed by atoms with E-state index in [2.05, 4.69) is 19.1 Å². The van der Waals surface area contributed by atoms with Crippen LogP contribution in [0.3, 0.4) is 0 Å². The third kappa shape index (κ3) is 4.24. The molecule has 1 atom stereocenters. The first-order chi connectivity index (χ1) is 8.90. The summed E-state index contributed by atoms with van der Waals surface area (Å²) in [6.45, 7) is 6.36. The molecule has 1 rings (SSSR count). The number of carbonyl (C=O) groups excluding carboxylic acids is 1. The van der Waals surface area contributed by atoms with Gasteiger partial charge in [-0.3, -0.25) is 0 Å². The van der Waals surface area contributed by atoms with E-state index in [0.29, 0.717) is 13.2 Å². The number of rotatable bonds is 6. The van der Waals surface area contributed by atoms with Gasteiger partial charge in [0, 0.05) is 19.3 Å². The fourth-order valence-corrected chi connectivity index (χ4v) is 1.93. The summed E-state index contributed by atoms with van der Waals surface area (Å²) in [4.78, 5) is 13.7. The van der Waals surface area contributed by atoms with E-state index < -0.39 is 5.54 Å². The van der Waals surface area contributed by atoms with Crippen LogP contribution in [0, 0.1) is 0 Å². The van der Waals surface area contributed by atoms with Crippen molar-refractivity contribution in [2.75, 3.05) is 25.1 Å². The van der Waals surface area contributed by atoms with Crippen LogP contribution in [-0.2, 0) is 16.0 Å². The maximum absolute atomic E-state index is 11.8. The molecule has 0 saturated carbocycles. The molecule has 0 spiro atoms. The summed E-state index contributed by atoms with van der Waals surface area (Å²) < 4.78 is 4.99. The lowest BCUT2D eigenvalue weighted by atomic mass is 10.0. The van der Waals surface area contributed by atoms with E-state index in [9.17, 15) is 4.79 Å². The minimum Gasteiger partial charge on any atom is -0.465 e. The van der Waals surface area contributed by atoms with Crippen molar-refractivity contribution in [1.82, 2.24) is 0 Å². The Morgan fingerprint density at radius 3 is 2.37 bits per heavy atom. The zero-order valence-electron chi connectivity index (χ0n) is 12.3. The van der Waals surface area contributed by atoms with Gasteiger partial charge in [0.2, 0.25) is 0 Å². The van der Waals surface area contributed by atoms with Crippen molar-refractivity contribution in [3.63, 3.8) is 0 Å². The van der Waals surface area contributed by atoms with Gasteiger partial charge in [0.25, 0.3) is 0 Å². The normalized spacial score (nSPS) is 13.7. The van der Waals surface area contributed by atoms with Crippen molar-refractivity contribution < 1.29 is 9.53 Å². The third-order valence-electron chi connectivity index (χ3n) is 3.09. The maximum atomic E-state index is 11.8. The minimum atomic E-state index is -1.01. The predicted octanol–water partition coefficient (Wildman–Crippen LogP) is 1.97. The average molecular weight is 264 g/mol. The summed E-state index contributed by atoms with van der Waals surface area (Å²) in [6.07, 6.45) is 1.02. The van der Waals surface area contributed by atoms with Crippen molar-refractivity contribution in [2.24, 2.45) is 5.73 Å². The van der Waals surface area contributed by atoms with Crippen molar-refractivity contribution in [3.05, 3.63) is 29.8 Å². The van der Waals surface area contributed by atoms with Gasteiger partial charge in [0.05, 0.1) is 6.61 Å². The maximum Gasteiger partial charge on any atom is 0.327 e. The van der Waals surface area contributed by atoms with E-state index in [0.717, 1.165) is 12.1 Å². The first-order valence-electron chi connectivity index (χ1n) is 6.67. The highest BCUT2D eigenvalue weighted by atomic mass is 16.5. The molecule has 19 heavy (non-hydrogen) atoms. The molecule has 4 nitrogen and oxygen atoms in total. The first kappa shape index (κ1) is 15.5. The van der Waals surface area contributed by atoms with Crippen molar-refractivity contribution in [2.45, 2.75) is 32.7 Å². The second-order valence-corrected chi connectivity index (χ2v) is 5.01. The standard InChI is InChI=1S/C15H24N2O2/c1-5-12-7-9-13(10-8-12)17(4)11-15(3,16)14(18)19-6-2/h7-10H,5-6,11,16H2,1-4H3. The van der Waals surface area contributed by atoms with Crippen LogP contribution in [0.15, 0.2) is 24.3 Å². The van der Waals surface area contributed by atoms with Crippen LogP contribution in [0.4, 0.5) is 5.69 Å². The summed E-state index contributed by atoms with van der Waals surface area (Å²) in [6, 6.07) is 8.26. The molecule has 0 radical (unpaired) electrons. The van der Waals surface area contributed by atoms with Crippen LogP contribution in [-0.4, -0.2) is 31.7 Å². The van der Waals surface area contributed by atoms with E-state index in [-0.39, 0.29) is 5.97 Å². The molecule has 106 valence electrons. The molecule has 0 aliphatic heterocycles. The van der Waals surface area contributed by atoms with E-state index in [1.54, 1.807) is 13.8 Å². The van der Waals surface area contributed by atoms with Gasteiger partial charge in [-0.15, -0.1) is 0 Å². The van der Waals surface area contributed by atoms with Gasteiger partial charge >= 0.3 is 5.97 Å². The summed E-state index contributed by atoms with van der Waals surface area (Å²) in [5, 5.41) is 0. The number of nitrogens with zero attached hydrogens (tertiary/aromatic N) is 1. The highest BCUT2D eigenvalue weighted by molar-refractivity contribution is 5.81. The Morgan fingerprint density at radius 2 is 1.89 bits per heavy atom. The van der Waals surface area contributed by atoms with Crippen LogP contribution in [0.2, 0.25) is 0 Å². The van der Waals surface area contributed by atoms with Crippen molar-refractivity contribution in [1.29, 1.82) is 0 Å². The molecular weight excluding hydrogens is 240 g/mol. The SMILES string of the molecule is CCOC(=O)C(C)(N)CN(C)c1ccc(CC)cc1. The number of carbonyl (C=O) groups is 1. The highest BCUT2D eigenvalue weighted by Gasteiger charge is 2.31. The topological polar surface area (TPSA) is 55.6 Å². The van der Waals surface area contributed by atoms with Crippen LogP contribution >= 0.6 is 0 Å². The fourth-order valence-electron chi connectivity index (χ4n) is 1.93. The van der Waals surface area contributed by atoms with Crippen LogP contribution in [0.5, 0.6) is 0 Å². The number of esters is 1. The number of hydrogen-bond donors (Lipinski definition) is 1. The van der Waals surface area contributed by atoms with Gasteiger partial charge < -0.3 is 15.4 Å². The number of likely N-dealkylation sites (N-methyl/N-ethyl adjacent to an activating group) is 1. The molecule has 0 aliphatic rings. The second-order valence-electron chi connectivity index (χ2n) is 5.01. The highest BCUT2D eigenvalue weighted by Crippen LogP contribution is 2.16. The molecule has 1 unspecified atom stereocenters. The zero-order valence-corrected chi connectivity index (χ0v) is 12.3. The molecular formula is C15H24N2O2. The summed E-state index contributed by atoms with van der Waals surface area (Å²) >= 11 is 0. The third-order valence-corrected chi connectivity index (χ3v) is 3.09. The zero-order chi connectivity index (χ0) is 14.5. The Morgan fingerprint density at radius 1 is 1.32 bits per heavy atom. The first-order valence-corrected chi connectivity index (χ1v) is 6.67. The summed E-state index contributed by atoms with van der Waals surface area (Å²) in [5.74, 6) is -0.368. The van der Waals surface area contributed by atoms with Gasteiger partial charge in [0.15, 0.2) is 0 Å². The Kier molecular flexibility index (Phi) is 5.36. The Hall–Kier alpha value is -1.55. The van der Waals surface area contributed by atoms with Gasteiger partial charge in [-0.2, -0.15) is 0 Å². The Balaban J connectivity index is 2.72. The van der Waals surface area contributed by atoms with E-state index in [4.69, 9.17) is 10.5 Å². The number of anilines is 1. The molecule has 4 heteroatoms. The van der Waals surface area contributed by atoms with Crippen LogP contribution < -0.4 is 10.6 Å². The average Bonchev–Trinajstić information content (AvgIpc) is 2.38. The molecule has 0 saturated heterocycles. The smallest absolute Gasteiger partial charge is 0.327 e. The number of benzene rings is 1. The second kappa shape index (κ2) is 6.57. The van der Waals surface area contributed by atoms with E-state index >= 15 is 0 Å². The molecule has 0 fully saturated rings. The lowest BCUT2D eigenvalue weighted by Crippen LogP contribution is -2.54. The van der Waals surface area contributed by atoms with Gasteiger partial charge in [0.1, 0.15) is 5.54 Å². The van der Waals surface area contributed by atoms with Gasteiger partial charge in [-0.1, -0.05) is 19.1 Å². The Labute approximate surface area is 115 Å². The van der Waals surface area contributed by atoms with Gasteiger partial charge in [-0.05, 0) is 38.0 Å². The number of aryl methyl sites for hydroxylation is 1. The van der Waals surface area contributed by atoms with Crippen LogP contribution in [0.25, 0.3) is 0 Å². The number of ether oxygens (including phenoxy) is 1. The summed E-state index contributed by atoms with van der Waals surface area (Å²) in [5.41, 5.74) is 7.35. The lowest BCUT2D eigenvalue weighted by molar-refractivity contribution is -0.148. The molecule has 2 N–H and O–H groups in total. The summed E-state index contributed by atoms with van der Waals surface area (Å²) in [7, 11) is 1.92. The van der Waals surface area contributed by atoms with Gasteiger partial charge in [-0.25, -0.2) is 4.79 Å². The molecule has 0 bridgehead atoms. The van der Waals surface area contributed by atoms with E-state index in [1.807, 2.05) is 24.1 Å². The molecule has 1 aromatic rings. The molecule has 0 heterocycles. The van der Waals surface area contributed by atoms with E-state index in [1.165, 1.54) is 5.56 Å². The molecule has 0 aliphatic carbocycles. The number of hydrogen-bond acceptors (Lipinski definition) is 4. The number of nitrogens with two attached hydrogens (primary N) is 1. The van der Waals surface area contributed by atoms with Crippen LogP contribution in [0.1, 0.15) is 26.3 Å². The Bertz CT molecular complexity index is 413. The predicted molar refractivity (Wildman–Crippen MR) is 78.3 cm³/mol. The van der Waals surface area contributed by atoms with Crippen molar-refractivity contribution in [3.8, 4) is 0 Å². The lowest BCUT2D eigenvalue weighted by Gasteiger charge is -2.29. The molecule has 0 amide bonds. The fraction of sp³-hybridized carbons (Fsp3) is 0.533. The molecule has 1 aromatic carbocycles. The molecule has 0 aromatic heterocycles. The largest absolute Gasteiger partial charge is 0.465 e. The monoisotopic (exact) mass is 264 g/mol.